The summed E-state index contributed by atoms with van der Waals surface area (Å²) in [6.45, 7) is 4.56. The molecule has 1 aliphatic heterocycles. The molecule has 1 aromatic heterocycles. The minimum Gasteiger partial charge on any atom is -0.497 e. The van der Waals surface area contributed by atoms with Crippen molar-refractivity contribution < 1.29 is 14.6 Å². The van der Waals surface area contributed by atoms with E-state index in [2.05, 4.69) is 16.9 Å². The fourth-order valence-corrected chi connectivity index (χ4v) is 2.85. The van der Waals surface area contributed by atoms with Crippen LogP contribution in [0.25, 0.3) is 5.69 Å². The largest absolute Gasteiger partial charge is 0.497 e. The maximum atomic E-state index is 11.5. The Morgan fingerprint density at radius 1 is 1.36 bits per heavy atom. The third kappa shape index (κ3) is 2.46. The van der Waals surface area contributed by atoms with E-state index in [1.165, 1.54) is 0 Å². The van der Waals surface area contributed by atoms with Crippen LogP contribution in [0.5, 0.6) is 5.75 Å². The Morgan fingerprint density at radius 3 is 2.68 bits per heavy atom. The molecule has 2 aromatic rings. The van der Waals surface area contributed by atoms with Crippen molar-refractivity contribution >= 4 is 5.97 Å². The molecule has 0 radical (unpaired) electrons. The number of carboxylic acid groups (broad SMARTS) is 1. The molecule has 0 amide bonds. The van der Waals surface area contributed by atoms with E-state index in [9.17, 15) is 9.90 Å². The Labute approximate surface area is 128 Å². The van der Waals surface area contributed by atoms with Crippen LogP contribution in [0.4, 0.5) is 0 Å². The van der Waals surface area contributed by atoms with Crippen molar-refractivity contribution in [2.45, 2.75) is 19.9 Å². The molecule has 6 nitrogen and oxygen atoms in total. The van der Waals surface area contributed by atoms with Gasteiger partial charge in [-0.2, -0.15) is 5.10 Å². The van der Waals surface area contributed by atoms with Crippen LogP contribution >= 0.6 is 0 Å². The molecule has 6 heteroatoms. The van der Waals surface area contributed by atoms with E-state index in [1.807, 2.05) is 24.3 Å². The molecule has 0 spiro atoms. The van der Waals surface area contributed by atoms with Gasteiger partial charge in [0.25, 0.3) is 0 Å². The Hall–Kier alpha value is -2.34. The first kappa shape index (κ1) is 14.6. The summed E-state index contributed by atoms with van der Waals surface area (Å²) in [6.07, 6.45) is 0.801. The van der Waals surface area contributed by atoms with Crippen LogP contribution < -0.4 is 4.74 Å². The van der Waals surface area contributed by atoms with Gasteiger partial charge in [-0.25, -0.2) is 9.48 Å². The van der Waals surface area contributed by atoms with Crippen molar-refractivity contribution in [2.24, 2.45) is 0 Å². The first-order chi connectivity index (χ1) is 10.6. The van der Waals surface area contributed by atoms with Gasteiger partial charge in [0.1, 0.15) is 5.75 Å². The van der Waals surface area contributed by atoms with Crippen LogP contribution in [0.2, 0.25) is 0 Å². The predicted octanol–water partition coefficient (Wildman–Crippen LogP) is 1.96. The van der Waals surface area contributed by atoms with Gasteiger partial charge in [0, 0.05) is 25.1 Å². The molecule has 0 unspecified atom stereocenters. The second-order valence-electron chi connectivity index (χ2n) is 5.31. The number of benzene rings is 1. The monoisotopic (exact) mass is 301 g/mol. The normalized spacial score (nSPS) is 14.6. The minimum absolute atomic E-state index is 0.156. The van der Waals surface area contributed by atoms with Gasteiger partial charge in [-0.05, 0) is 30.8 Å². The molecule has 116 valence electrons. The molecule has 0 saturated heterocycles. The second kappa shape index (κ2) is 5.81. The van der Waals surface area contributed by atoms with E-state index in [-0.39, 0.29) is 5.69 Å². The number of methoxy groups -OCH3 is 1. The molecule has 0 atom stereocenters. The number of hydrogen-bond acceptors (Lipinski definition) is 4. The lowest BCUT2D eigenvalue weighted by Crippen LogP contribution is -2.31. The molecule has 1 N–H and O–H groups in total. The molecule has 1 aliphatic rings. The molecular weight excluding hydrogens is 282 g/mol. The van der Waals surface area contributed by atoms with Crippen LogP contribution in [0, 0.1) is 0 Å². The first-order valence-electron chi connectivity index (χ1n) is 7.35. The first-order valence-corrected chi connectivity index (χ1v) is 7.35. The summed E-state index contributed by atoms with van der Waals surface area (Å²) in [6, 6.07) is 7.49. The van der Waals surface area contributed by atoms with Crippen molar-refractivity contribution in [3.8, 4) is 11.4 Å². The zero-order chi connectivity index (χ0) is 15.7. The number of rotatable bonds is 4. The highest BCUT2D eigenvalue weighted by atomic mass is 16.5. The van der Waals surface area contributed by atoms with Gasteiger partial charge in [0.2, 0.25) is 0 Å². The lowest BCUT2D eigenvalue weighted by atomic mass is 10.0. The second-order valence-corrected chi connectivity index (χ2v) is 5.31. The lowest BCUT2D eigenvalue weighted by molar-refractivity contribution is 0.0687. The zero-order valence-corrected chi connectivity index (χ0v) is 12.7. The van der Waals surface area contributed by atoms with E-state index in [4.69, 9.17) is 4.74 Å². The summed E-state index contributed by atoms with van der Waals surface area (Å²) < 4.78 is 6.91. The highest BCUT2D eigenvalue weighted by Gasteiger charge is 2.27. The van der Waals surface area contributed by atoms with Crippen LogP contribution in [0.15, 0.2) is 24.3 Å². The molecule has 3 rings (SSSR count). The minimum atomic E-state index is -0.971. The molecule has 2 heterocycles. The summed E-state index contributed by atoms with van der Waals surface area (Å²) in [5.41, 5.74) is 2.84. The highest BCUT2D eigenvalue weighted by Crippen LogP contribution is 2.26. The molecule has 0 fully saturated rings. The number of fused-ring (bicyclic) bond motifs is 1. The topological polar surface area (TPSA) is 67.6 Å². The Bertz CT molecular complexity index is 691. The third-order valence-electron chi connectivity index (χ3n) is 4.10. The quantitative estimate of drug-likeness (QED) is 0.935. The smallest absolute Gasteiger partial charge is 0.356 e. The van der Waals surface area contributed by atoms with Crippen LogP contribution in [-0.4, -0.2) is 46.0 Å². The van der Waals surface area contributed by atoms with Crippen LogP contribution in [0.3, 0.4) is 0 Å². The van der Waals surface area contributed by atoms with Gasteiger partial charge in [-0.15, -0.1) is 0 Å². The molecule has 0 aliphatic carbocycles. The van der Waals surface area contributed by atoms with Crippen molar-refractivity contribution in [2.75, 3.05) is 20.2 Å². The SMILES string of the molecule is CCN1CCc2c(c(C(=O)O)nn2-c2ccc(OC)cc2)C1. The number of hydrogen-bond donors (Lipinski definition) is 1. The molecule has 22 heavy (non-hydrogen) atoms. The Kier molecular flexibility index (Phi) is 3.85. The fourth-order valence-electron chi connectivity index (χ4n) is 2.85. The molecule has 0 bridgehead atoms. The Balaban J connectivity index is 2.06. The van der Waals surface area contributed by atoms with Gasteiger partial charge < -0.3 is 9.84 Å². The van der Waals surface area contributed by atoms with Crippen molar-refractivity contribution in [1.82, 2.24) is 14.7 Å². The summed E-state index contributed by atoms with van der Waals surface area (Å²) in [4.78, 5) is 13.7. The van der Waals surface area contributed by atoms with Crippen LogP contribution in [0.1, 0.15) is 28.7 Å². The Morgan fingerprint density at radius 2 is 2.09 bits per heavy atom. The lowest BCUT2D eigenvalue weighted by Gasteiger charge is -2.26. The maximum absolute atomic E-state index is 11.5. The average Bonchev–Trinajstić information content (AvgIpc) is 2.93. The van der Waals surface area contributed by atoms with Gasteiger partial charge in [0.05, 0.1) is 18.5 Å². The number of likely N-dealkylation sites (N-methyl/N-ethyl adjacent to an activating group) is 1. The third-order valence-corrected chi connectivity index (χ3v) is 4.10. The van der Waals surface area contributed by atoms with E-state index < -0.39 is 5.97 Å². The number of aromatic nitrogens is 2. The number of ether oxygens (including phenoxy) is 1. The summed E-state index contributed by atoms with van der Waals surface area (Å²) >= 11 is 0. The van der Waals surface area contributed by atoms with Gasteiger partial charge in [-0.3, -0.25) is 4.90 Å². The summed E-state index contributed by atoms with van der Waals surface area (Å²) in [5.74, 6) is -0.207. The molecule has 0 saturated carbocycles. The van der Waals surface area contributed by atoms with E-state index >= 15 is 0 Å². The maximum Gasteiger partial charge on any atom is 0.356 e. The van der Waals surface area contributed by atoms with Crippen molar-refractivity contribution in [1.29, 1.82) is 0 Å². The zero-order valence-electron chi connectivity index (χ0n) is 12.7. The number of aromatic carboxylic acids is 1. The molecule has 1 aromatic carbocycles. The fraction of sp³-hybridized carbons (Fsp3) is 0.375. The van der Waals surface area contributed by atoms with Gasteiger partial charge in [-0.1, -0.05) is 6.92 Å². The summed E-state index contributed by atoms with van der Waals surface area (Å²) in [5, 5.41) is 13.8. The number of carbonyl (C=O) groups is 1. The summed E-state index contributed by atoms with van der Waals surface area (Å²) in [7, 11) is 1.62. The predicted molar refractivity (Wildman–Crippen MR) is 81.7 cm³/mol. The standard InChI is InChI=1S/C16H19N3O3/c1-3-18-9-8-14-13(10-18)15(16(20)21)17-19(14)11-4-6-12(22-2)7-5-11/h4-7H,3,8-10H2,1-2H3,(H,20,21). The van der Waals surface area contributed by atoms with Gasteiger partial charge in [0.15, 0.2) is 5.69 Å². The van der Waals surface area contributed by atoms with E-state index in [0.717, 1.165) is 42.2 Å². The number of nitrogens with zero attached hydrogens (tertiary/aromatic N) is 3. The van der Waals surface area contributed by atoms with Crippen molar-refractivity contribution in [3.05, 3.63) is 41.2 Å². The highest BCUT2D eigenvalue weighted by molar-refractivity contribution is 5.87. The number of carboxylic acids is 1. The van der Waals surface area contributed by atoms with Gasteiger partial charge >= 0.3 is 5.97 Å². The average molecular weight is 301 g/mol. The molecular formula is C16H19N3O3. The van der Waals surface area contributed by atoms with E-state index in [1.54, 1.807) is 11.8 Å². The van der Waals surface area contributed by atoms with Crippen molar-refractivity contribution in [3.63, 3.8) is 0 Å². The van der Waals surface area contributed by atoms with Crippen LogP contribution in [-0.2, 0) is 13.0 Å². The van der Waals surface area contributed by atoms with E-state index in [0.29, 0.717) is 6.54 Å².